The van der Waals surface area contributed by atoms with E-state index in [-0.39, 0.29) is 11.4 Å². The Hall–Kier alpha value is -3.52. The summed E-state index contributed by atoms with van der Waals surface area (Å²) in [4.78, 5) is 19.2. The first-order valence-corrected chi connectivity index (χ1v) is 11.9. The third-order valence-electron chi connectivity index (χ3n) is 5.34. The summed E-state index contributed by atoms with van der Waals surface area (Å²) in [6.07, 6.45) is 5.19. The van der Waals surface area contributed by atoms with Crippen LogP contribution in [0.1, 0.15) is 31.4 Å². The molecule has 2 aliphatic heterocycles. The molecule has 176 valence electrons. The van der Waals surface area contributed by atoms with Crippen LogP contribution in [0.4, 0.5) is 0 Å². The van der Waals surface area contributed by atoms with Crippen molar-refractivity contribution in [1.82, 2.24) is 4.90 Å². The lowest BCUT2D eigenvalue weighted by Gasteiger charge is -2.22. The number of methoxy groups -OCH3 is 1. The van der Waals surface area contributed by atoms with Gasteiger partial charge in [0.1, 0.15) is 11.6 Å². The molecule has 2 heterocycles. The van der Waals surface area contributed by atoms with Gasteiger partial charge in [0.25, 0.3) is 5.91 Å². The third-order valence-corrected chi connectivity index (χ3v) is 6.24. The molecule has 4 rings (SSSR count). The Bertz CT molecular complexity index is 1190. The normalized spacial score (nSPS) is 16.3. The SMILES string of the molecule is CCc1ccc(OCCCOc2ccc(/C=C3/C(=N)N4C=C(C)SC4=NC3=O)cc2OC)cc1. The summed E-state index contributed by atoms with van der Waals surface area (Å²) in [5.41, 5.74) is 2.24. The smallest absolute Gasteiger partial charge is 0.283 e. The van der Waals surface area contributed by atoms with Crippen LogP contribution in [0.2, 0.25) is 0 Å². The fourth-order valence-corrected chi connectivity index (χ4v) is 4.33. The summed E-state index contributed by atoms with van der Waals surface area (Å²) in [5, 5.41) is 8.95. The predicted molar refractivity (Wildman–Crippen MR) is 136 cm³/mol. The number of allylic oxidation sites excluding steroid dienone is 1. The molecule has 2 aliphatic rings. The second-order valence-corrected chi connectivity index (χ2v) is 8.99. The molecule has 0 saturated carbocycles. The van der Waals surface area contributed by atoms with Gasteiger partial charge in [-0.05, 0) is 54.8 Å². The lowest BCUT2D eigenvalue weighted by atomic mass is 10.1. The van der Waals surface area contributed by atoms with Crippen LogP contribution in [0.15, 0.2) is 64.1 Å². The summed E-state index contributed by atoms with van der Waals surface area (Å²) < 4.78 is 17.1. The minimum Gasteiger partial charge on any atom is -0.493 e. The topological polar surface area (TPSA) is 84.2 Å². The highest BCUT2D eigenvalue weighted by molar-refractivity contribution is 8.17. The van der Waals surface area contributed by atoms with Gasteiger partial charge in [0.05, 0.1) is 25.9 Å². The zero-order chi connectivity index (χ0) is 24.1. The number of nitrogens with one attached hydrogen (secondary N) is 1. The summed E-state index contributed by atoms with van der Waals surface area (Å²) in [6.45, 7) is 5.07. The van der Waals surface area contributed by atoms with E-state index in [1.165, 1.54) is 17.3 Å². The van der Waals surface area contributed by atoms with Gasteiger partial charge in [-0.25, -0.2) is 0 Å². The van der Waals surface area contributed by atoms with Crippen LogP contribution < -0.4 is 14.2 Å². The minimum absolute atomic E-state index is 0.114. The van der Waals surface area contributed by atoms with Gasteiger partial charge in [0.2, 0.25) is 0 Å². The number of fused-ring (bicyclic) bond motifs is 1. The van der Waals surface area contributed by atoms with Crippen molar-refractivity contribution in [1.29, 1.82) is 5.41 Å². The molecule has 0 spiro atoms. The number of hydrogen-bond donors (Lipinski definition) is 1. The van der Waals surface area contributed by atoms with E-state index in [0.29, 0.717) is 29.9 Å². The number of rotatable bonds is 9. The summed E-state index contributed by atoms with van der Waals surface area (Å²) in [7, 11) is 1.57. The number of carbonyl (C=O) groups is 1. The number of aliphatic imine (C=N–C) groups is 1. The lowest BCUT2D eigenvalue weighted by molar-refractivity contribution is -0.114. The van der Waals surface area contributed by atoms with Gasteiger partial charge in [-0.3, -0.25) is 15.1 Å². The summed E-state index contributed by atoms with van der Waals surface area (Å²) in [6, 6.07) is 13.5. The van der Waals surface area contributed by atoms with Crippen LogP contribution in [-0.4, -0.2) is 42.1 Å². The molecule has 0 unspecified atom stereocenters. The summed E-state index contributed by atoms with van der Waals surface area (Å²) in [5.74, 6) is 1.71. The van der Waals surface area contributed by atoms with Gasteiger partial charge < -0.3 is 14.2 Å². The Morgan fingerprint density at radius 1 is 1.09 bits per heavy atom. The number of nitrogens with zero attached hydrogens (tertiary/aromatic N) is 2. The highest BCUT2D eigenvalue weighted by Gasteiger charge is 2.32. The quantitative estimate of drug-likeness (QED) is 0.391. The van der Waals surface area contributed by atoms with Crippen molar-refractivity contribution in [2.75, 3.05) is 20.3 Å². The number of carbonyl (C=O) groups excluding carboxylic acids is 1. The zero-order valence-corrected chi connectivity index (χ0v) is 20.3. The number of benzene rings is 2. The van der Waals surface area contributed by atoms with Gasteiger partial charge >= 0.3 is 0 Å². The standard InChI is InChI=1S/C26H27N3O4S/c1-4-18-6-9-20(10-7-18)32-12-5-13-33-22-11-8-19(15-23(22)31-3)14-21-24(27)29-16-17(2)34-26(29)28-25(21)30/h6-11,14-16,27H,4-5,12-13H2,1-3H3/b21-14-,27-24?. The number of ether oxygens (including phenoxy) is 3. The first kappa shape index (κ1) is 23.6. The molecule has 0 aliphatic carbocycles. The van der Waals surface area contributed by atoms with Crippen molar-refractivity contribution < 1.29 is 19.0 Å². The van der Waals surface area contributed by atoms with E-state index in [1.54, 1.807) is 30.2 Å². The molecule has 0 atom stereocenters. The molecule has 1 N–H and O–H groups in total. The number of thioether (sulfide) groups is 1. The van der Waals surface area contributed by atoms with Gasteiger partial charge in [0.15, 0.2) is 16.7 Å². The maximum Gasteiger partial charge on any atom is 0.283 e. The molecular weight excluding hydrogens is 450 g/mol. The third kappa shape index (κ3) is 5.34. The molecule has 8 heteroatoms. The first-order valence-electron chi connectivity index (χ1n) is 11.1. The molecule has 0 bridgehead atoms. The van der Waals surface area contributed by atoms with Crippen LogP contribution in [0.25, 0.3) is 6.08 Å². The van der Waals surface area contributed by atoms with Gasteiger partial charge in [-0.15, -0.1) is 0 Å². The number of hydrogen-bond acceptors (Lipinski definition) is 6. The highest BCUT2D eigenvalue weighted by Crippen LogP contribution is 2.34. The average Bonchev–Trinajstić information content (AvgIpc) is 3.22. The molecule has 0 radical (unpaired) electrons. The van der Waals surface area contributed by atoms with Crippen LogP contribution >= 0.6 is 11.8 Å². The molecule has 0 saturated heterocycles. The van der Waals surface area contributed by atoms with E-state index < -0.39 is 5.91 Å². The lowest BCUT2D eigenvalue weighted by Crippen LogP contribution is -2.35. The van der Waals surface area contributed by atoms with E-state index in [2.05, 4.69) is 24.0 Å². The van der Waals surface area contributed by atoms with E-state index >= 15 is 0 Å². The van der Waals surface area contributed by atoms with Crippen LogP contribution in [0.3, 0.4) is 0 Å². The van der Waals surface area contributed by atoms with Crippen molar-refractivity contribution in [3.8, 4) is 17.2 Å². The number of amides is 1. The largest absolute Gasteiger partial charge is 0.493 e. The van der Waals surface area contributed by atoms with Gasteiger partial charge in [-0.2, -0.15) is 4.99 Å². The highest BCUT2D eigenvalue weighted by atomic mass is 32.2. The average molecular weight is 478 g/mol. The van der Waals surface area contributed by atoms with Gasteiger partial charge in [0, 0.05) is 17.5 Å². The van der Waals surface area contributed by atoms with E-state index in [9.17, 15) is 4.79 Å². The maximum atomic E-state index is 12.5. The Morgan fingerprint density at radius 3 is 2.59 bits per heavy atom. The monoisotopic (exact) mass is 477 g/mol. The Labute approximate surface area is 203 Å². The Morgan fingerprint density at radius 2 is 1.85 bits per heavy atom. The fraction of sp³-hybridized carbons (Fsp3) is 0.269. The second kappa shape index (κ2) is 10.6. The predicted octanol–water partition coefficient (Wildman–Crippen LogP) is 5.27. The van der Waals surface area contributed by atoms with Crippen molar-refractivity contribution in [3.63, 3.8) is 0 Å². The van der Waals surface area contributed by atoms with Crippen molar-refractivity contribution in [2.24, 2.45) is 4.99 Å². The molecule has 0 fully saturated rings. The van der Waals surface area contributed by atoms with Crippen LogP contribution in [-0.2, 0) is 11.2 Å². The zero-order valence-electron chi connectivity index (χ0n) is 19.5. The molecule has 0 aromatic heterocycles. The van der Waals surface area contributed by atoms with E-state index in [1.807, 2.05) is 31.3 Å². The van der Waals surface area contributed by atoms with Crippen LogP contribution in [0, 0.1) is 5.41 Å². The Kier molecular flexibility index (Phi) is 7.37. The fourth-order valence-electron chi connectivity index (χ4n) is 3.51. The molecule has 2 aromatic rings. The van der Waals surface area contributed by atoms with Crippen molar-refractivity contribution >= 4 is 34.7 Å². The van der Waals surface area contributed by atoms with Crippen molar-refractivity contribution in [3.05, 3.63) is 70.3 Å². The number of aryl methyl sites for hydroxylation is 1. The number of amidine groups is 2. The first-order chi connectivity index (χ1) is 16.5. The van der Waals surface area contributed by atoms with E-state index in [0.717, 1.165) is 29.1 Å². The van der Waals surface area contributed by atoms with Crippen LogP contribution in [0.5, 0.6) is 17.2 Å². The Balaban J connectivity index is 1.36. The molecule has 1 amide bonds. The van der Waals surface area contributed by atoms with E-state index in [4.69, 9.17) is 19.6 Å². The van der Waals surface area contributed by atoms with Crippen molar-refractivity contribution in [2.45, 2.75) is 26.7 Å². The van der Waals surface area contributed by atoms with Gasteiger partial charge in [-0.1, -0.05) is 36.9 Å². The second-order valence-electron chi connectivity index (χ2n) is 7.78. The summed E-state index contributed by atoms with van der Waals surface area (Å²) >= 11 is 1.39. The maximum absolute atomic E-state index is 12.5. The molecular formula is C26H27N3O4S. The molecule has 2 aromatic carbocycles. The molecule has 7 nitrogen and oxygen atoms in total. The minimum atomic E-state index is -0.421. The molecule has 34 heavy (non-hydrogen) atoms.